The van der Waals surface area contributed by atoms with Gasteiger partial charge in [0.1, 0.15) is 0 Å². The van der Waals surface area contributed by atoms with Gasteiger partial charge in [-0.25, -0.2) is 0 Å². The van der Waals surface area contributed by atoms with Gasteiger partial charge in [-0.3, -0.25) is 9.00 Å². The van der Waals surface area contributed by atoms with E-state index in [1.54, 1.807) is 30.5 Å². The molecule has 0 radical (unpaired) electrons. The third-order valence-electron chi connectivity index (χ3n) is 2.87. The van der Waals surface area contributed by atoms with Gasteiger partial charge >= 0.3 is 0 Å². The third-order valence-corrected chi connectivity index (χ3v) is 5.04. The van der Waals surface area contributed by atoms with E-state index < -0.39 is 10.8 Å². The minimum atomic E-state index is -1.25. The monoisotopic (exact) mass is 344 g/mol. The van der Waals surface area contributed by atoms with Gasteiger partial charge in [0, 0.05) is 35.3 Å². The van der Waals surface area contributed by atoms with E-state index in [0.29, 0.717) is 39.3 Å². The van der Waals surface area contributed by atoms with Gasteiger partial charge in [0.2, 0.25) is 0 Å². The van der Waals surface area contributed by atoms with Crippen LogP contribution in [0, 0.1) is 0 Å². The second-order valence-electron chi connectivity index (χ2n) is 4.47. The number of nitrogens with two attached hydrogens (primary N) is 1. The average Bonchev–Trinajstić information content (AvgIpc) is 2.45. The first-order valence-corrected chi connectivity index (χ1v) is 8.34. The summed E-state index contributed by atoms with van der Waals surface area (Å²) in [5.74, 6) is 0.390. The minimum Gasteiger partial charge on any atom is -0.398 e. The SMILES string of the molecule is Nc1ccc(=O)n(CCCS(=O)c2cc(Cl)ccc2Cl)c1. The first-order chi connectivity index (χ1) is 9.97. The molecule has 0 aliphatic rings. The fourth-order valence-electron chi connectivity index (χ4n) is 1.85. The summed E-state index contributed by atoms with van der Waals surface area (Å²) in [6.45, 7) is 0.452. The van der Waals surface area contributed by atoms with Crippen molar-refractivity contribution in [3.05, 3.63) is 56.9 Å². The van der Waals surface area contributed by atoms with Crippen molar-refractivity contribution < 1.29 is 4.21 Å². The maximum Gasteiger partial charge on any atom is 0.250 e. The van der Waals surface area contributed by atoms with Gasteiger partial charge in [-0.15, -0.1) is 0 Å². The minimum absolute atomic E-state index is 0.129. The van der Waals surface area contributed by atoms with Crippen molar-refractivity contribution in [1.29, 1.82) is 0 Å². The molecule has 2 rings (SSSR count). The number of rotatable bonds is 5. The summed E-state index contributed by atoms with van der Waals surface area (Å²) in [4.78, 5) is 12.1. The lowest BCUT2D eigenvalue weighted by molar-refractivity contribution is 0.644. The quantitative estimate of drug-likeness (QED) is 0.906. The third kappa shape index (κ3) is 4.33. The Kier molecular flexibility index (Phi) is 5.45. The Morgan fingerprint density at radius 1 is 1.19 bits per heavy atom. The van der Waals surface area contributed by atoms with E-state index in [9.17, 15) is 9.00 Å². The van der Waals surface area contributed by atoms with Crippen molar-refractivity contribution in [3.8, 4) is 0 Å². The molecule has 1 heterocycles. The fraction of sp³-hybridized carbons (Fsp3) is 0.214. The molecule has 21 heavy (non-hydrogen) atoms. The normalized spacial score (nSPS) is 12.3. The van der Waals surface area contributed by atoms with Crippen LogP contribution in [0.25, 0.3) is 0 Å². The van der Waals surface area contributed by atoms with Crippen LogP contribution >= 0.6 is 23.2 Å². The lowest BCUT2D eigenvalue weighted by Gasteiger charge is -2.07. The highest BCUT2D eigenvalue weighted by molar-refractivity contribution is 7.85. The first-order valence-electron chi connectivity index (χ1n) is 6.27. The molecule has 7 heteroatoms. The molecule has 1 aromatic carbocycles. The largest absolute Gasteiger partial charge is 0.398 e. The van der Waals surface area contributed by atoms with Crippen LogP contribution in [0.3, 0.4) is 0 Å². The van der Waals surface area contributed by atoms with E-state index in [-0.39, 0.29) is 5.56 Å². The molecule has 2 aromatic rings. The molecule has 0 aliphatic heterocycles. The zero-order chi connectivity index (χ0) is 15.4. The smallest absolute Gasteiger partial charge is 0.250 e. The predicted molar refractivity (Wildman–Crippen MR) is 87.5 cm³/mol. The van der Waals surface area contributed by atoms with E-state index in [2.05, 4.69) is 0 Å². The Balaban J connectivity index is 2.00. The summed E-state index contributed by atoms with van der Waals surface area (Å²) in [5.41, 5.74) is 6.03. The van der Waals surface area contributed by atoms with Crippen LogP contribution < -0.4 is 11.3 Å². The number of benzene rings is 1. The Labute approximate surface area is 134 Å². The van der Waals surface area contributed by atoms with Crippen LogP contribution in [0.5, 0.6) is 0 Å². The number of pyridine rings is 1. The molecule has 112 valence electrons. The molecule has 0 amide bonds. The van der Waals surface area contributed by atoms with Crippen molar-refractivity contribution in [3.63, 3.8) is 0 Å². The Hall–Kier alpha value is -1.30. The summed E-state index contributed by atoms with van der Waals surface area (Å²) in [6, 6.07) is 7.85. The number of nitrogens with zero attached hydrogens (tertiary/aromatic N) is 1. The van der Waals surface area contributed by atoms with Crippen LogP contribution in [0.4, 0.5) is 5.69 Å². The van der Waals surface area contributed by atoms with Crippen molar-refractivity contribution >= 4 is 39.7 Å². The predicted octanol–water partition coefficient (Wildman–Crippen LogP) is 2.94. The molecule has 1 unspecified atom stereocenters. The molecular formula is C14H14Cl2N2O2S. The van der Waals surface area contributed by atoms with Gasteiger partial charge in [-0.1, -0.05) is 23.2 Å². The summed E-state index contributed by atoms with van der Waals surface area (Å²) < 4.78 is 13.7. The lowest BCUT2D eigenvalue weighted by Crippen LogP contribution is -2.19. The van der Waals surface area contributed by atoms with Crippen molar-refractivity contribution in [2.24, 2.45) is 0 Å². The zero-order valence-electron chi connectivity index (χ0n) is 11.1. The number of hydrogen-bond donors (Lipinski definition) is 1. The van der Waals surface area contributed by atoms with Gasteiger partial charge in [0.25, 0.3) is 5.56 Å². The maximum atomic E-state index is 12.2. The first kappa shape index (κ1) is 16.1. The molecular weight excluding hydrogens is 331 g/mol. The van der Waals surface area contributed by atoms with Crippen LogP contribution in [-0.2, 0) is 17.3 Å². The van der Waals surface area contributed by atoms with Crippen LogP contribution in [0.15, 0.2) is 46.2 Å². The molecule has 2 N–H and O–H groups in total. The maximum absolute atomic E-state index is 12.2. The highest BCUT2D eigenvalue weighted by Crippen LogP contribution is 2.24. The Morgan fingerprint density at radius 2 is 1.95 bits per heavy atom. The van der Waals surface area contributed by atoms with E-state index in [1.807, 2.05) is 0 Å². The van der Waals surface area contributed by atoms with Crippen molar-refractivity contribution in [1.82, 2.24) is 4.57 Å². The van der Waals surface area contributed by atoms with E-state index in [0.717, 1.165) is 0 Å². The van der Waals surface area contributed by atoms with Gasteiger partial charge in [-0.05, 0) is 30.7 Å². The molecule has 0 aliphatic carbocycles. The second-order valence-corrected chi connectivity index (χ2v) is 6.85. The number of aryl methyl sites for hydroxylation is 1. The molecule has 0 spiro atoms. The summed E-state index contributed by atoms with van der Waals surface area (Å²) >= 11 is 11.9. The molecule has 1 aromatic heterocycles. The van der Waals surface area contributed by atoms with Crippen molar-refractivity contribution in [2.45, 2.75) is 17.9 Å². The van der Waals surface area contributed by atoms with E-state index in [4.69, 9.17) is 28.9 Å². The Bertz CT molecular complexity index is 731. The summed E-state index contributed by atoms with van der Waals surface area (Å²) in [6.07, 6.45) is 2.15. The van der Waals surface area contributed by atoms with E-state index >= 15 is 0 Å². The molecule has 4 nitrogen and oxygen atoms in total. The van der Waals surface area contributed by atoms with Crippen LogP contribution in [0.2, 0.25) is 10.0 Å². The van der Waals surface area contributed by atoms with Crippen LogP contribution in [0.1, 0.15) is 6.42 Å². The molecule has 0 bridgehead atoms. The van der Waals surface area contributed by atoms with E-state index in [1.165, 1.54) is 10.6 Å². The molecule has 0 saturated carbocycles. The number of aromatic nitrogens is 1. The summed E-state index contributed by atoms with van der Waals surface area (Å²) in [5, 5.41) is 0.925. The summed E-state index contributed by atoms with van der Waals surface area (Å²) in [7, 11) is -1.25. The second kappa shape index (κ2) is 7.11. The highest BCUT2D eigenvalue weighted by atomic mass is 35.5. The van der Waals surface area contributed by atoms with Crippen molar-refractivity contribution in [2.75, 3.05) is 11.5 Å². The molecule has 1 atom stereocenters. The molecule has 0 saturated heterocycles. The number of hydrogen-bond acceptors (Lipinski definition) is 3. The van der Waals surface area contributed by atoms with Gasteiger partial charge in [-0.2, -0.15) is 0 Å². The van der Waals surface area contributed by atoms with Gasteiger partial charge in [0.05, 0.1) is 20.7 Å². The van der Waals surface area contributed by atoms with Gasteiger partial charge < -0.3 is 10.3 Å². The highest BCUT2D eigenvalue weighted by Gasteiger charge is 2.09. The number of anilines is 1. The van der Waals surface area contributed by atoms with Crippen LogP contribution in [-0.4, -0.2) is 14.5 Å². The number of halogens is 2. The standard InChI is InChI=1S/C14H14Cl2N2O2S/c15-10-2-4-12(16)13(8-10)21(20)7-1-6-18-9-11(17)3-5-14(18)19/h2-5,8-9H,1,6-7,17H2. The Morgan fingerprint density at radius 3 is 2.71 bits per heavy atom. The van der Waals surface area contributed by atoms with Gasteiger partial charge in [0.15, 0.2) is 0 Å². The molecule has 0 fully saturated rings. The lowest BCUT2D eigenvalue weighted by atomic mass is 10.4. The number of nitrogen functional groups attached to an aromatic ring is 1. The zero-order valence-corrected chi connectivity index (χ0v) is 13.4. The fourth-order valence-corrected chi connectivity index (χ4v) is 3.62. The average molecular weight is 345 g/mol. The topological polar surface area (TPSA) is 65.1 Å².